The van der Waals surface area contributed by atoms with Gasteiger partial charge in [-0.2, -0.15) is 0 Å². The lowest BCUT2D eigenvalue weighted by Gasteiger charge is -2.10. The van der Waals surface area contributed by atoms with Crippen molar-refractivity contribution < 1.29 is 23.6 Å². The zero-order valence-electron chi connectivity index (χ0n) is 8.52. The number of phosphoric ester groups is 1. The highest BCUT2D eigenvalue weighted by molar-refractivity contribution is 7.47. The minimum atomic E-state index is -3.80. The van der Waals surface area contributed by atoms with E-state index in [2.05, 4.69) is 9.05 Å². The minimum absolute atomic E-state index is 0.165. The molecule has 0 aliphatic rings. The monoisotopic (exact) mass is 226 g/mol. The summed E-state index contributed by atoms with van der Waals surface area (Å²) >= 11 is 0. The van der Waals surface area contributed by atoms with Crippen molar-refractivity contribution in [2.24, 2.45) is 0 Å². The largest absolute Gasteiger partial charge is 0.472 e. The van der Waals surface area contributed by atoms with Gasteiger partial charge in [0.15, 0.2) is 0 Å². The summed E-state index contributed by atoms with van der Waals surface area (Å²) in [5.41, 5.74) is 0. The first-order valence-electron chi connectivity index (χ1n) is 4.85. The van der Waals surface area contributed by atoms with Gasteiger partial charge < -0.3 is 10.00 Å². The van der Waals surface area contributed by atoms with Crippen molar-refractivity contribution >= 4 is 7.82 Å². The third-order valence-corrected chi connectivity index (χ3v) is 2.69. The van der Waals surface area contributed by atoms with Gasteiger partial charge in [0.05, 0.1) is 13.2 Å². The molecule has 0 bridgehead atoms. The fourth-order valence-electron chi connectivity index (χ4n) is 0.948. The molecule has 14 heavy (non-hydrogen) atoms. The van der Waals surface area contributed by atoms with Crippen molar-refractivity contribution in [3.8, 4) is 0 Å². The Balaban J connectivity index is 3.30. The van der Waals surface area contributed by atoms with Crippen LogP contribution in [0, 0.1) is 0 Å². The summed E-state index contributed by atoms with van der Waals surface area (Å²) in [7, 11) is -3.80. The second kappa shape index (κ2) is 8.38. The van der Waals surface area contributed by atoms with E-state index in [9.17, 15) is 4.57 Å². The van der Waals surface area contributed by atoms with Crippen molar-refractivity contribution in [3.63, 3.8) is 0 Å². The number of aliphatic hydroxyl groups is 1. The molecule has 0 aliphatic heterocycles. The summed E-state index contributed by atoms with van der Waals surface area (Å²) in [5, 5.41) is 8.49. The fourth-order valence-corrected chi connectivity index (χ4v) is 1.71. The molecule has 0 aliphatic carbocycles. The van der Waals surface area contributed by atoms with Crippen molar-refractivity contribution in [3.05, 3.63) is 0 Å². The molecule has 0 rings (SSSR count). The third kappa shape index (κ3) is 8.66. The van der Waals surface area contributed by atoms with E-state index in [4.69, 9.17) is 10.00 Å². The van der Waals surface area contributed by atoms with Gasteiger partial charge in [-0.05, 0) is 19.8 Å². The van der Waals surface area contributed by atoms with E-state index in [0.29, 0.717) is 6.42 Å². The van der Waals surface area contributed by atoms with E-state index in [-0.39, 0.29) is 19.8 Å². The zero-order chi connectivity index (χ0) is 10.9. The summed E-state index contributed by atoms with van der Waals surface area (Å²) in [6.07, 6.45) is 3.26. The predicted molar refractivity (Wildman–Crippen MR) is 53.0 cm³/mol. The molecule has 5 nitrogen and oxygen atoms in total. The number of aliphatic hydroxyl groups excluding tert-OH is 1. The average molecular weight is 226 g/mol. The van der Waals surface area contributed by atoms with Crippen molar-refractivity contribution in [1.29, 1.82) is 0 Å². The maximum Gasteiger partial charge on any atom is 0.472 e. The highest BCUT2D eigenvalue weighted by atomic mass is 31.2. The lowest BCUT2D eigenvalue weighted by molar-refractivity contribution is 0.152. The van der Waals surface area contributed by atoms with Crippen LogP contribution in [0.15, 0.2) is 0 Å². The molecule has 0 aromatic carbocycles. The number of phosphoric acid groups is 1. The Hall–Kier alpha value is 0.0700. The molecule has 0 spiro atoms. The lowest BCUT2D eigenvalue weighted by Crippen LogP contribution is -1.97. The SMILES string of the molecule is CCOP(=O)(O)OCCCCCCO. The smallest absolute Gasteiger partial charge is 0.396 e. The fraction of sp³-hybridized carbons (Fsp3) is 1.00. The number of rotatable bonds is 9. The van der Waals surface area contributed by atoms with Crippen LogP contribution in [-0.4, -0.2) is 29.8 Å². The van der Waals surface area contributed by atoms with E-state index in [1.807, 2.05) is 0 Å². The lowest BCUT2D eigenvalue weighted by atomic mass is 10.2. The normalized spacial score (nSPS) is 15.4. The molecule has 0 saturated heterocycles. The van der Waals surface area contributed by atoms with Crippen LogP contribution in [0.5, 0.6) is 0 Å². The molecule has 0 radical (unpaired) electrons. The summed E-state index contributed by atoms with van der Waals surface area (Å²) in [6, 6.07) is 0. The molecule has 2 N–H and O–H groups in total. The summed E-state index contributed by atoms with van der Waals surface area (Å²) in [5.74, 6) is 0. The van der Waals surface area contributed by atoms with E-state index >= 15 is 0 Å². The van der Waals surface area contributed by atoms with Crippen LogP contribution in [0.1, 0.15) is 32.6 Å². The summed E-state index contributed by atoms with van der Waals surface area (Å²) in [6.45, 7) is 2.21. The highest BCUT2D eigenvalue weighted by Crippen LogP contribution is 2.42. The molecular formula is C8H19O5P. The Morgan fingerprint density at radius 3 is 2.36 bits per heavy atom. The van der Waals surface area contributed by atoms with E-state index in [1.165, 1.54) is 0 Å². The van der Waals surface area contributed by atoms with Gasteiger partial charge in [0.1, 0.15) is 0 Å². The van der Waals surface area contributed by atoms with Crippen LogP contribution in [-0.2, 0) is 13.6 Å². The molecule has 0 amide bonds. The molecule has 86 valence electrons. The van der Waals surface area contributed by atoms with Crippen molar-refractivity contribution in [2.45, 2.75) is 32.6 Å². The third-order valence-electron chi connectivity index (χ3n) is 1.60. The number of hydrogen-bond acceptors (Lipinski definition) is 4. The zero-order valence-corrected chi connectivity index (χ0v) is 9.41. The molecule has 1 atom stereocenters. The first-order chi connectivity index (χ1) is 6.62. The average Bonchev–Trinajstić information content (AvgIpc) is 2.11. The van der Waals surface area contributed by atoms with Crippen LogP contribution in [0.4, 0.5) is 0 Å². The molecule has 0 heterocycles. The Morgan fingerprint density at radius 1 is 1.14 bits per heavy atom. The van der Waals surface area contributed by atoms with Crippen LogP contribution in [0.25, 0.3) is 0 Å². The molecule has 1 unspecified atom stereocenters. The summed E-state index contributed by atoms with van der Waals surface area (Å²) < 4.78 is 20.2. The van der Waals surface area contributed by atoms with Gasteiger partial charge in [0.25, 0.3) is 0 Å². The van der Waals surface area contributed by atoms with Gasteiger partial charge in [-0.15, -0.1) is 0 Å². The Kier molecular flexibility index (Phi) is 8.43. The van der Waals surface area contributed by atoms with Gasteiger partial charge in [0, 0.05) is 6.61 Å². The second-order valence-electron chi connectivity index (χ2n) is 2.86. The first-order valence-corrected chi connectivity index (χ1v) is 6.34. The quantitative estimate of drug-likeness (QED) is 0.462. The number of unbranched alkanes of at least 4 members (excludes halogenated alkanes) is 3. The van der Waals surface area contributed by atoms with Gasteiger partial charge in [-0.1, -0.05) is 12.8 Å². The Morgan fingerprint density at radius 2 is 1.79 bits per heavy atom. The van der Waals surface area contributed by atoms with Crippen molar-refractivity contribution in [2.75, 3.05) is 19.8 Å². The minimum Gasteiger partial charge on any atom is -0.396 e. The molecule has 0 fully saturated rings. The molecule has 6 heteroatoms. The van der Waals surface area contributed by atoms with Gasteiger partial charge in [0.2, 0.25) is 0 Å². The second-order valence-corrected chi connectivity index (χ2v) is 4.31. The Labute approximate surface area is 84.7 Å². The van der Waals surface area contributed by atoms with Gasteiger partial charge in [-0.3, -0.25) is 9.05 Å². The van der Waals surface area contributed by atoms with Crippen LogP contribution in [0.2, 0.25) is 0 Å². The van der Waals surface area contributed by atoms with Gasteiger partial charge >= 0.3 is 7.82 Å². The maximum absolute atomic E-state index is 11.0. The molecule has 0 saturated carbocycles. The molecular weight excluding hydrogens is 207 g/mol. The van der Waals surface area contributed by atoms with Crippen LogP contribution in [0.3, 0.4) is 0 Å². The summed E-state index contributed by atoms with van der Waals surface area (Å²) in [4.78, 5) is 8.99. The first kappa shape index (κ1) is 14.1. The van der Waals surface area contributed by atoms with E-state index in [1.54, 1.807) is 6.92 Å². The van der Waals surface area contributed by atoms with Crippen LogP contribution >= 0.6 is 7.82 Å². The highest BCUT2D eigenvalue weighted by Gasteiger charge is 2.18. The van der Waals surface area contributed by atoms with Gasteiger partial charge in [-0.25, -0.2) is 4.57 Å². The van der Waals surface area contributed by atoms with Crippen LogP contribution < -0.4 is 0 Å². The molecule has 0 aromatic heterocycles. The topological polar surface area (TPSA) is 76.0 Å². The maximum atomic E-state index is 11.0. The van der Waals surface area contributed by atoms with Crippen molar-refractivity contribution in [1.82, 2.24) is 0 Å². The Bertz CT molecular complexity index is 173. The van der Waals surface area contributed by atoms with E-state index in [0.717, 1.165) is 19.3 Å². The number of hydrogen-bond donors (Lipinski definition) is 2. The predicted octanol–water partition coefficient (Wildman–Crippen LogP) is 1.69. The molecule has 0 aromatic rings. The standard InChI is InChI=1S/C8H19O5P/c1-2-12-14(10,11)13-8-6-4-3-5-7-9/h9H,2-8H2,1H3,(H,10,11). The van der Waals surface area contributed by atoms with E-state index < -0.39 is 7.82 Å².